The molecule has 112 valence electrons. The van der Waals surface area contributed by atoms with E-state index in [1.807, 2.05) is 6.92 Å². The van der Waals surface area contributed by atoms with Crippen molar-refractivity contribution in [1.82, 2.24) is 10.2 Å². The van der Waals surface area contributed by atoms with Crippen LogP contribution in [0.1, 0.15) is 33.6 Å². The first-order valence-corrected chi connectivity index (χ1v) is 7.09. The van der Waals surface area contributed by atoms with E-state index < -0.39 is 5.54 Å². The van der Waals surface area contributed by atoms with Gasteiger partial charge in [-0.1, -0.05) is 6.92 Å². The third-order valence-corrected chi connectivity index (χ3v) is 4.65. The zero-order chi connectivity index (χ0) is 14.6. The second kappa shape index (κ2) is 6.68. The van der Waals surface area contributed by atoms with Crippen molar-refractivity contribution in [2.24, 2.45) is 11.7 Å². The van der Waals surface area contributed by atoms with Gasteiger partial charge in [0, 0.05) is 19.7 Å². The summed E-state index contributed by atoms with van der Waals surface area (Å²) < 4.78 is 5.54. The van der Waals surface area contributed by atoms with Crippen LogP contribution in [-0.4, -0.2) is 55.7 Å². The largest absolute Gasteiger partial charge is 0.380 e. The molecule has 1 amide bonds. The number of nitrogens with zero attached hydrogens (tertiary/aromatic N) is 1. The molecule has 1 fully saturated rings. The summed E-state index contributed by atoms with van der Waals surface area (Å²) >= 11 is 0. The Hall–Kier alpha value is -0.650. The maximum Gasteiger partial charge on any atom is 0.237 e. The maximum absolute atomic E-state index is 11.6. The molecular weight excluding hydrogens is 242 g/mol. The molecule has 19 heavy (non-hydrogen) atoms. The third kappa shape index (κ3) is 3.91. The highest BCUT2D eigenvalue weighted by Crippen LogP contribution is 2.24. The number of carbonyl (C=O) groups is 1. The van der Waals surface area contributed by atoms with Crippen molar-refractivity contribution in [3.8, 4) is 0 Å². The molecule has 0 radical (unpaired) electrons. The van der Waals surface area contributed by atoms with Crippen molar-refractivity contribution in [2.45, 2.75) is 51.3 Å². The molecular formula is C14H29N3O2. The highest BCUT2D eigenvalue weighted by Gasteiger charge is 2.35. The van der Waals surface area contributed by atoms with Crippen LogP contribution >= 0.6 is 0 Å². The minimum atomic E-state index is -0.648. The summed E-state index contributed by atoms with van der Waals surface area (Å²) in [6, 6.07) is 0.301. The van der Waals surface area contributed by atoms with Crippen molar-refractivity contribution in [1.29, 1.82) is 0 Å². The average molecular weight is 271 g/mol. The second-order valence-electron chi connectivity index (χ2n) is 6.03. The Morgan fingerprint density at radius 2 is 2.26 bits per heavy atom. The lowest BCUT2D eigenvalue weighted by Crippen LogP contribution is -2.56. The minimum Gasteiger partial charge on any atom is -0.380 e. The van der Waals surface area contributed by atoms with Crippen LogP contribution in [0.4, 0.5) is 0 Å². The first kappa shape index (κ1) is 16.4. The SMILES string of the molecule is CNC(C)(CC(C)N1CCC(C)C(OC)C1)C(N)=O. The van der Waals surface area contributed by atoms with Crippen LogP contribution in [0.5, 0.6) is 0 Å². The van der Waals surface area contributed by atoms with Gasteiger partial charge in [-0.15, -0.1) is 0 Å². The van der Waals surface area contributed by atoms with Crippen LogP contribution in [0.25, 0.3) is 0 Å². The van der Waals surface area contributed by atoms with Gasteiger partial charge in [-0.3, -0.25) is 9.69 Å². The van der Waals surface area contributed by atoms with Crippen molar-refractivity contribution in [2.75, 3.05) is 27.2 Å². The number of nitrogens with two attached hydrogens (primary N) is 1. The van der Waals surface area contributed by atoms with Crippen molar-refractivity contribution < 1.29 is 9.53 Å². The highest BCUT2D eigenvalue weighted by atomic mass is 16.5. The molecule has 0 aliphatic carbocycles. The van der Waals surface area contributed by atoms with Gasteiger partial charge in [0.1, 0.15) is 0 Å². The number of primary amides is 1. The molecule has 5 heteroatoms. The van der Waals surface area contributed by atoms with Gasteiger partial charge < -0.3 is 15.8 Å². The molecule has 3 N–H and O–H groups in total. The highest BCUT2D eigenvalue weighted by molar-refractivity contribution is 5.84. The van der Waals surface area contributed by atoms with Gasteiger partial charge in [-0.05, 0) is 46.2 Å². The number of methoxy groups -OCH3 is 1. The first-order chi connectivity index (χ1) is 8.84. The second-order valence-corrected chi connectivity index (χ2v) is 6.03. The molecule has 0 aromatic rings. The number of carbonyl (C=O) groups excluding carboxylic acids is 1. The fourth-order valence-corrected chi connectivity index (χ4v) is 2.81. The summed E-state index contributed by atoms with van der Waals surface area (Å²) in [5.41, 5.74) is 4.84. The van der Waals surface area contributed by atoms with Crippen LogP contribution in [-0.2, 0) is 9.53 Å². The van der Waals surface area contributed by atoms with Gasteiger partial charge >= 0.3 is 0 Å². The zero-order valence-electron chi connectivity index (χ0n) is 12.9. The van der Waals surface area contributed by atoms with Crippen LogP contribution in [0.15, 0.2) is 0 Å². The fraction of sp³-hybridized carbons (Fsp3) is 0.929. The summed E-state index contributed by atoms with van der Waals surface area (Å²) in [5.74, 6) is 0.302. The predicted octanol–water partition coefficient (Wildman–Crippen LogP) is 0.585. The van der Waals surface area contributed by atoms with E-state index in [0.717, 1.165) is 19.5 Å². The number of likely N-dealkylation sites (N-methyl/N-ethyl adjacent to an activating group) is 1. The normalized spacial score (nSPS) is 29.7. The molecule has 0 spiro atoms. The summed E-state index contributed by atoms with van der Waals surface area (Å²) in [5, 5.41) is 3.05. The summed E-state index contributed by atoms with van der Waals surface area (Å²) in [4.78, 5) is 14.0. The zero-order valence-corrected chi connectivity index (χ0v) is 12.9. The number of rotatable bonds is 6. The molecule has 1 aliphatic rings. The van der Waals surface area contributed by atoms with Crippen LogP contribution in [0.2, 0.25) is 0 Å². The molecule has 1 rings (SSSR count). The van der Waals surface area contributed by atoms with Crippen LogP contribution < -0.4 is 11.1 Å². The summed E-state index contributed by atoms with van der Waals surface area (Å²) in [7, 11) is 3.56. The fourth-order valence-electron chi connectivity index (χ4n) is 2.81. The molecule has 4 unspecified atom stereocenters. The lowest BCUT2D eigenvalue weighted by atomic mass is 9.89. The topological polar surface area (TPSA) is 67.6 Å². The number of hydrogen-bond donors (Lipinski definition) is 2. The molecule has 1 saturated heterocycles. The number of ether oxygens (including phenoxy) is 1. The standard InChI is InChI=1S/C14H29N3O2/c1-10-6-7-17(9-12(10)19-5)11(2)8-14(3,16-4)13(15)18/h10-12,16H,6-9H2,1-5H3,(H2,15,18). The number of piperidine rings is 1. The molecule has 1 heterocycles. The number of likely N-dealkylation sites (tertiary alicyclic amines) is 1. The molecule has 0 bridgehead atoms. The van der Waals surface area contributed by atoms with Crippen LogP contribution in [0.3, 0.4) is 0 Å². The lowest BCUT2D eigenvalue weighted by Gasteiger charge is -2.41. The number of amides is 1. The van der Waals surface area contributed by atoms with Gasteiger partial charge in [0.2, 0.25) is 5.91 Å². The van der Waals surface area contributed by atoms with Gasteiger partial charge in [0.05, 0.1) is 11.6 Å². The predicted molar refractivity (Wildman–Crippen MR) is 76.9 cm³/mol. The smallest absolute Gasteiger partial charge is 0.237 e. The Morgan fingerprint density at radius 1 is 1.63 bits per heavy atom. The molecule has 1 aliphatic heterocycles. The Balaban J connectivity index is 2.63. The van der Waals surface area contributed by atoms with Crippen LogP contribution in [0, 0.1) is 5.92 Å². The Kier molecular flexibility index (Phi) is 5.77. The monoisotopic (exact) mass is 271 g/mol. The van der Waals surface area contributed by atoms with Gasteiger partial charge in [-0.2, -0.15) is 0 Å². The molecule has 0 aromatic carbocycles. The van der Waals surface area contributed by atoms with Crippen molar-refractivity contribution in [3.63, 3.8) is 0 Å². The van der Waals surface area contributed by atoms with E-state index >= 15 is 0 Å². The quantitative estimate of drug-likeness (QED) is 0.742. The maximum atomic E-state index is 11.6. The van der Waals surface area contributed by atoms with E-state index in [-0.39, 0.29) is 12.0 Å². The van der Waals surface area contributed by atoms with E-state index in [0.29, 0.717) is 18.4 Å². The van der Waals surface area contributed by atoms with Crippen molar-refractivity contribution >= 4 is 5.91 Å². The molecule has 0 saturated carbocycles. The molecule has 5 nitrogen and oxygen atoms in total. The Labute approximate surface area is 116 Å². The van der Waals surface area contributed by atoms with E-state index in [4.69, 9.17) is 10.5 Å². The van der Waals surface area contributed by atoms with Gasteiger partial charge in [0.15, 0.2) is 0 Å². The van der Waals surface area contributed by atoms with E-state index in [1.165, 1.54) is 0 Å². The summed E-state index contributed by atoms with van der Waals surface area (Å²) in [6.45, 7) is 8.24. The van der Waals surface area contributed by atoms with Crippen molar-refractivity contribution in [3.05, 3.63) is 0 Å². The number of hydrogen-bond acceptors (Lipinski definition) is 4. The average Bonchev–Trinajstić information content (AvgIpc) is 2.38. The third-order valence-electron chi connectivity index (χ3n) is 4.65. The van der Waals surface area contributed by atoms with Gasteiger partial charge in [-0.25, -0.2) is 0 Å². The Morgan fingerprint density at radius 3 is 2.74 bits per heavy atom. The Bertz CT molecular complexity index is 311. The minimum absolute atomic E-state index is 0.283. The lowest BCUT2D eigenvalue weighted by molar-refractivity contribution is -0.124. The van der Waals surface area contributed by atoms with E-state index in [1.54, 1.807) is 14.2 Å². The van der Waals surface area contributed by atoms with E-state index in [9.17, 15) is 4.79 Å². The molecule has 4 atom stereocenters. The molecule has 0 aromatic heterocycles. The first-order valence-electron chi connectivity index (χ1n) is 7.09. The number of nitrogens with one attached hydrogen (secondary N) is 1. The summed E-state index contributed by atoms with van der Waals surface area (Å²) in [6.07, 6.45) is 2.13. The van der Waals surface area contributed by atoms with Gasteiger partial charge in [0.25, 0.3) is 0 Å². The van der Waals surface area contributed by atoms with E-state index in [2.05, 4.69) is 24.1 Å².